The first-order valence-electron chi connectivity index (χ1n) is 17.0. The molecule has 11 heteroatoms. The number of imide groups is 1. The van der Waals surface area contributed by atoms with Crippen LogP contribution in [-0.2, 0) is 38.4 Å². The monoisotopic (exact) mass is 688 g/mol. The average Bonchev–Trinajstić information content (AvgIpc) is 3.06. The van der Waals surface area contributed by atoms with Crippen molar-refractivity contribution < 1.29 is 34.1 Å². The topological polar surface area (TPSA) is 180 Å². The van der Waals surface area contributed by atoms with Gasteiger partial charge in [-0.3, -0.25) is 19.7 Å². The van der Waals surface area contributed by atoms with E-state index in [0.29, 0.717) is 11.1 Å². The van der Waals surface area contributed by atoms with Crippen LogP contribution in [0, 0.1) is 11.8 Å². The van der Waals surface area contributed by atoms with Crippen molar-refractivity contribution in [2.75, 3.05) is 0 Å². The number of aliphatic hydroxyl groups excluding tert-OH is 2. The van der Waals surface area contributed by atoms with E-state index in [1.807, 2.05) is 56.3 Å². The molecule has 0 aliphatic carbocycles. The van der Waals surface area contributed by atoms with Crippen LogP contribution in [-0.4, -0.2) is 70.0 Å². The van der Waals surface area contributed by atoms with Gasteiger partial charge in [0.05, 0.1) is 18.1 Å². The minimum absolute atomic E-state index is 0.00220. The normalized spacial score (nSPS) is 15.1. The Hall–Kier alpha value is -4.58. The first-order valence-corrected chi connectivity index (χ1v) is 17.0. The molecule has 4 amide bonds. The van der Waals surface area contributed by atoms with Gasteiger partial charge >= 0.3 is 6.09 Å². The quantitative estimate of drug-likeness (QED) is 0.132. The Labute approximate surface area is 295 Å². The number of alkyl carbamates (subject to hydrolysis) is 1. The van der Waals surface area contributed by atoms with E-state index in [0.717, 1.165) is 5.56 Å². The van der Waals surface area contributed by atoms with Gasteiger partial charge in [-0.05, 0) is 62.6 Å². The van der Waals surface area contributed by atoms with Crippen LogP contribution in [0.2, 0.25) is 0 Å². The molecule has 3 aromatic rings. The Morgan fingerprint density at radius 3 is 1.62 bits per heavy atom. The lowest BCUT2D eigenvalue weighted by atomic mass is 9.86. The van der Waals surface area contributed by atoms with Gasteiger partial charge in [-0.1, -0.05) is 105 Å². The lowest BCUT2D eigenvalue weighted by molar-refractivity contribution is -0.140. The van der Waals surface area contributed by atoms with E-state index in [9.17, 15) is 29.4 Å². The van der Waals surface area contributed by atoms with Crippen LogP contribution in [0.15, 0.2) is 91.0 Å². The number of carbonyl (C=O) groups excluding carboxylic acids is 4. The van der Waals surface area contributed by atoms with Gasteiger partial charge in [0.1, 0.15) is 17.7 Å². The van der Waals surface area contributed by atoms with E-state index in [2.05, 4.69) is 16.0 Å². The summed E-state index contributed by atoms with van der Waals surface area (Å²) in [6.45, 7) is 8.91. The first kappa shape index (κ1) is 39.9. The maximum Gasteiger partial charge on any atom is 0.408 e. The van der Waals surface area contributed by atoms with Gasteiger partial charge in [0.15, 0.2) is 0 Å². The van der Waals surface area contributed by atoms with Gasteiger partial charge in [0.25, 0.3) is 0 Å². The molecule has 0 aliphatic heterocycles. The summed E-state index contributed by atoms with van der Waals surface area (Å²) >= 11 is 0. The van der Waals surface area contributed by atoms with Crippen LogP contribution < -0.4 is 21.7 Å². The number of amides is 4. The van der Waals surface area contributed by atoms with Gasteiger partial charge in [0.2, 0.25) is 17.7 Å². The number of rotatable bonds is 16. The van der Waals surface area contributed by atoms with Crippen molar-refractivity contribution in [2.24, 2.45) is 17.6 Å². The Kier molecular flexibility index (Phi) is 15.1. The lowest BCUT2D eigenvalue weighted by Crippen LogP contribution is -2.57. The highest BCUT2D eigenvalue weighted by Gasteiger charge is 2.37. The third-order valence-corrected chi connectivity index (χ3v) is 8.03. The third-order valence-electron chi connectivity index (χ3n) is 8.03. The number of aliphatic hydroxyl groups is 2. The molecule has 0 radical (unpaired) electrons. The van der Waals surface area contributed by atoms with E-state index >= 15 is 0 Å². The van der Waals surface area contributed by atoms with Crippen molar-refractivity contribution in [1.29, 1.82) is 0 Å². The van der Waals surface area contributed by atoms with Crippen molar-refractivity contribution in [1.82, 2.24) is 16.0 Å². The number of hydrogen-bond donors (Lipinski definition) is 6. The first-order chi connectivity index (χ1) is 23.6. The molecule has 0 saturated carbocycles. The molecule has 3 aromatic carbocycles. The van der Waals surface area contributed by atoms with Crippen LogP contribution >= 0.6 is 0 Å². The zero-order chi connectivity index (χ0) is 36.8. The maximum atomic E-state index is 13.9. The van der Waals surface area contributed by atoms with E-state index in [-0.39, 0.29) is 31.6 Å². The molecule has 50 heavy (non-hydrogen) atoms. The minimum Gasteiger partial charge on any atom is -0.444 e. The number of hydrogen-bond acceptors (Lipinski definition) is 8. The fourth-order valence-electron chi connectivity index (χ4n) is 5.52. The second-order valence-electron chi connectivity index (χ2n) is 14.1. The molecule has 7 N–H and O–H groups in total. The van der Waals surface area contributed by atoms with E-state index < -0.39 is 65.7 Å². The average molecular weight is 689 g/mol. The fourth-order valence-corrected chi connectivity index (χ4v) is 5.52. The molecular formula is C39H52N4O7. The van der Waals surface area contributed by atoms with Gasteiger partial charge in [-0.2, -0.15) is 0 Å². The molecule has 0 saturated heterocycles. The minimum atomic E-state index is -1.63. The molecule has 0 fully saturated rings. The van der Waals surface area contributed by atoms with E-state index in [4.69, 9.17) is 10.5 Å². The Morgan fingerprint density at radius 2 is 1.14 bits per heavy atom. The van der Waals surface area contributed by atoms with Crippen molar-refractivity contribution in [3.05, 3.63) is 108 Å². The molecule has 270 valence electrons. The Balaban J connectivity index is 1.85. The molecule has 0 bridgehead atoms. The summed E-state index contributed by atoms with van der Waals surface area (Å²) in [4.78, 5) is 53.9. The molecule has 0 aromatic heterocycles. The van der Waals surface area contributed by atoms with Gasteiger partial charge < -0.3 is 31.3 Å². The fraction of sp³-hybridized carbons (Fsp3) is 0.436. The molecule has 2 unspecified atom stereocenters. The van der Waals surface area contributed by atoms with Crippen LogP contribution in [0.4, 0.5) is 4.79 Å². The van der Waals surface area contributed by atoms with Gasteiger partial charge in [-0.25, -0.2) is 4.79 Å². The zero-order valence-electron chi connectivity index (χ0n) is 29.5. The van der Waals surface area contributed by atoms with Crippen LogP contribution in [0.1, 0.15) is 57.7 Å². The summed E-state index contributed by atoms with van der Waals surface area (Å²) in [6, 6.07) is 23.9. The van der Waals surface area contributed by atoms with Crippen molar-refractivity contribution in [3.8, 4) is 0 Å². The largest absolute Gasteiger partial charge is 0.444 e. The number of carbonyl (C=O) groups is 4. The molecule has 0 aliphatic rings. The Morgan fingerprint density at radius 1 is 0.660 bits per heavy atom. The van der Waals surface area contributed by atoms with Crippen LogP contribution in [0.25, 0.3) is 0 Å². The predicted molar refractivity (Wildman–Crippen MR) is 192 cm³/mol. The number of benzene rings is 3. The van der Waals surface area contributed by atoms with Crippen LogP contribution in [0.3, 0.4) is 0 Å². The highest BCUT2D eigenvalue weighted by Crippen LogP contribution is 2.19. The third kappa shape index (κ3) is 13.4. The molecule has 0 spiro atoms. The predicted octanol–water partition coefficient (Wildman–Crippen LogP) is 3.45. The number of nitrogens with one attached hydrogen (secondary N) is 3. The maximum absolute atomic E-state index is 13.9. The van der Waals surface area contributed by atoms with Gasteiger partial charge in [-0.15, -0.1) is 0 Å². The molecular weight excluding hydrogens is 636 g/mol. The lowest BCUT2D eigenvalue weighted by Gasteiger charge is -2.30. The van der Waals surface area contributed by atoms with E-state index in [1.165, 1.54) is 0 Å². The van der Waals surface area contributed by atoms with Crippen LogP contribution in [0.5, 0.6) is 0 Å². The summed E-state index contributed by atoms with van der Waals surface area (Å²) in [6.07, 6.45) is -3.36. The smallest absolute Gasteiger partial charge is 0.408 e. The highest BCUT2D eigenvalue weighted by molar-refractivity contribution is 6.01. The molecule has 6 atom stereocenters. The Bertz CT molecular complexity index is 1510. The second kappa shape index (κ2) is 19.0. The standard InChI is InChI=1S/C39H52N4O7/c1-25(2)21-31(42-38(49)50-39(3,4)5)36(47)41-32(24-28-19-13-8-14-20-28)37(48)43-35(46)29(22-26-15-9-6-10-16-26)33(44)34(45)30(40)23-27-17-11-7-12-18-27/h6-20,25,29-34,44-45H,21-24,40H2,1-5H3,(H,41,47)(H,42,49)(H,43,46,48)/t29-,30+,31?,32?,33+,34-/m1/s1. The SMILES string of the molecule is CC(C)CC(NC(=O)OC(C)(C)C)C(=O)NC(Cc1ccccc1)C(=O)NC(=O)[C@H](Cc1ccccc1)[C@H](O)[C@H](O)[C@@H](N)Cc1ccccc1. The summed E-state index contributed by atoms with van der Waals surface area (Å²) in [5.74, 6) is -3.55. The second-order valence-corrected chi connectivity index (χ2v) is 14.1. The van der Waals surface area contributed by atoms with Crippen molar-refractivity contribution in [3.63, 3.8) is 0 Å². The molecule has 0 heterocycles. The number of nitrogens with two attached hydrogens (primary N) is 1. The summed E-state index contributed by atoms with van der Waals surface area (Å²) in [7, 11) is 0. The zero-order valence-corrected chi connectivity index (χ0v) is 29.5. The van der Waals surface area contributed by atoms with E-state index in [1.54, 1.807) is 69.3 Å². The summed E-state index contributed by atoms with van der Waals surface area (Å²) in [5, 5.41) is 30.2. The summed E-state index contributed by atoms with van der Waals surface area (Å²) in [5.41, 5.74) is 7.77. The highest BCUT2D eigenvalue weighted by atomic mass is 16.6. The molecule has 11 nitrogen and oxygen atoms in total. The summed E-state index contributed by atoms with van der Waals surface area (Å²) < 4.78 is 5.36. The molecule has 3 rings (SSSR count). The van der Waals surface area contributed by atoms with Crippen molar-refractivity contribution >= 4 is 23.8 Å². The van der Waals surface area contributed by atoms with Gasteiger partial charge in [0, 0.05) is 12.5 Å². The number of ether oxygens (including phenoxy) is 1. The van der Waals surface area contributed by atoms with Crippen molar-refractivity contribution in [2.45, 2.75) is 96.2 Å².